The highest BCUT2D eigenvalue weighted by atomic mass is 35.5. The average Bonchev–Trinajstić information content (AvgIpc) is 3.81. The van der Waals surface area contributed by atoms with Gasteiger partial charge in [-0.05, 0) is 50.4 Å². The number of fused-ring (bicyclic) bond motifs is 3. The van der Waals surface area contributed by atoms with Crippen LogP contribution < -0.4 is 15.4 Å². The zero-order valence-corrected chi connectivity index (χ0v) is 27.8. The lowest BCUT2D eigenvalue weighted by molar-refractivity contribution is -0.132. The Morgan fingerprint density at radius 1 is 1.31 bits per heavy atom. The fourth-order valence-electron chi connectivity index (χ4n) is 7.92. The quantitative estimate of drug-likeness (QED) is 0.225. The molecule has 5 heterocycles. The first-order valence-corrected chi connectivity index (χ1v) is 16.9. The molecule has 3 fully saturated rings. The van der Waals surface area contributed by atoms with Gasteiger partial charge in [0.15, 0.2) is 12.5 Å². The number of carbonyl (C=O) groups excluding carboxylic acids is 1. The fourth-order valence-corrected chi connectivity index (χ4v) is 9.17. The van der Waals surface area contributed by atoms with Crippen LogP contribution in [0.2, 0.25) is 5.02 Å². The van der Waals surface area contributed by atoms with Gasteiger partial charge in [0.1, 0.15) is 41.0 Å². The number of halogens is 5. The molecular formula is C33H32ClF4N7O2S. The first-order valence-electron chi connectivity index (χ1n) is 15.7. The molecule has 2 N–H and O–H groups in total. The average molecular weight is 702 g/mol. The number of nitriles is 1. The third-order valence-electron chi connectivity index (χ3n) is 10.3. The van der Waals surface area contributed by atoms with Gasteiger partial charge < -0.3 is 20.3 Å². The number of thiophene rings is 1. The maximum Gasteiger partial charge on any atom is 0.319 e. The zero-order valence-electron chi connectivity index (χ0n) is 26.2. The number of alkyl halides is 2. The van der Waals surface area contributed by atoms with Gasteiger partial charge in [0.25, 0.3) is 5.91 Å². The normalized spacial score (nSPS) is 24.0. The fraction of sp³-hybridized carbons (Fsp3) is 0.455. The number of ether oxygens (including phenoxy) is 1. The van der Waals surface area contributed by atoms with Gasteiger partial charge in [0, 0.05) is 48.9 Å². The van der Waals surface area contributed by atoms with Crippen LogP contribution in [0.3, 0.4) is 0 Å². The summed E-state index contributed by atoms with van der Waals surface area (Å²) in [7, 11) is 1.74. The summed E-state index contributed by atoms with van der Waals surface area (Å²) in [5.41, 5.74) is 5.46. The number of likely N-dealkylation sites (tertiary alicyclic amines) is 1. The van der Waals surface area contributed by atoms with Gasteiger partial charge >= 0.3 is 6.01 Å². The topological polar surface area (TPSA) is 112 Å². The van der Waals surface area contributed by atoms with Gasteiger partial charge in [0.05, 0.1) is 26.9 Å². The van der Waals surface area contributed by atoms with E-state index in [4.69, 9.17) is 27.1 Å². The van der Waals surface area contributed by atoms with Crippen molar-refractivity contribution in [3.05, 3.63) is 40.4 Å². The summed E-state index contributed by atoms with van der Waals surface area (Å²) in [4.78, 5) is 26.8. The molecule has 3 aliphatic heterocycles. The Balaban J connectivity index is 1.38. The third kappa shape index (κ3) is 5.09. The van der Waals surface area contributed by atoms with Gasteiger partial charge in [-0.15, -0.1) is 11.3 Å². The number of anilines is 2. The van der Waals surface area contributed by atoms with Crippen LogP contribution in [0.4, 0.5) is 28.4 Å². The molecule has 0 spiro atoms. The van der Waals surface area contributed by atoms with E-state index < -0.39 is 35.9 Å². The van der Waals surface area contributed by atoms with Gasteiger partial charge in [-0.25, -0.2) is 17.6 Å². The number of nitrogens with zero attached hydrogens (tertiary/aromatic N) is 6. The molecule has 0 saturated carbocycles. The Morgan fingerprint density at radius 3 is 2.85 bits per heavy atom. The Hall–Kier alpha value is -3.93. The van der Waals surface area contributed by atoms with Gasteiger partial charge in [-0.1, -0.05) is 17.7 Å². The summed E-state index contributed by atoms with van der Waals surface area (Å²) < 4.78 is 66.0. The number of likely N-dealkylation sites (N-methyl/N-ethyl adjacent to an activating group) is 1. The number of carbonyl (C=O) groups is 1. The number of rotatable bonds is 7. The molecule has 3 saturated heterocycles. The standard InChI is InChI=1S/C33H32ClF4N7O2S/c1-16-23(6-9-45(16)24(46)12-35)43(2)31-19-10-21(34)26(18-4-5-22(37)29-25(18)20(13-39)30(40)48-29)27(38)28(19)41-32(42-31)47-15-33-7-3-8-44(33)14-17(36)11-33/h4-5,10,16-17,23H,3,6-9,11-12,14-15,40H2,1-2H3. The number of benzene rings is 2. The lowest BCUT2D eigenvalue weighted by atomic mass is 9.95. The Morgan fingerprint density at radius 2 is 2.10 bits per heavy atom. The number of amides is 1. The van der Waals surface area contributed by atoms with E-state index in [1.54, 1.807) is 11.9 Å². The van der Waals surface area contributed by atoms with Crippen LogP contribution in [0.15, 0.2) is 18.2 Å². The zero-order chi connectivity index (χ0) is 34.1. The smallest absolute Gasteiger partial charge is 0.319 e. The monoisotopic (exact) mass is 701 g/mol. The second kappa shape index (κ2) is 12.2. The SMILES string of the molecule is CC1C(N(C)c2nc(OCC34CCCN3CC(F)C4)nc3c(F)c(-c4ccc(F)c5sc(N)c(C#N)c45)c(Cl)cc23)CCN1C(=O)CF. The van der Waals surface area contributed by atoms with E-state index in [1.807, 2.05) is 13.0 Å². The van der Waals surface area contributed by atoms with Gasteiger partial charge in [-0.2, -0.15) is 15.2 Å². The van der Waals surface area contributed by atoms with E-state index in [0.29, 0.717) is 25.9 Å². The molecule has 1 amide bonds. The van der Waals surface area contributed by atoms with Crippen molar-refractivity contribution in [2.24, 2.45) is 0 Å². The highest BCUT2D eigenvalue weighted by Crippen LogP contribution is 2.46. The van der Waals surface area contributed by atoms with Gasteiger partial charge in [-0.3, -0.25) is 9.69 Å². The van der Waals surface area contributed by atoms with Crippen molar-refractivity contribution in [1.82, 2.24) is 19.8 Å². The Labute approximate surface area is 282 Å². The molecule has 4 atom stereocenters. The number of hydrogen-bond donors (Lipinski definition) is 1. The Kier molecular flexibility index (Phi) is 8.28. The summed E-state index contributed by atoms with van der Waals surface area (Å²) in [6.45, 7) is 2.21. The molecule has 0 aliphatic carbocycles. The maximum atomic E-state index is 17.0. The molecule has 48 heavy (non-hydrogen) atoms. The molecule has 2 aromatic heterocycles. The molecule has 252 valence electrons. The second-order valence-corrected chi connectivity index (χ2v) is 14.3. The van der Waals surface area contributed by atoms with Crippen LogP contribution in [0, 0.1) is 23.0 Å². The van der Waals surface area contributed by atoms with E-state index in [-0.39, 0.29) is 78.2 Å². The number of aromatic nitrogens is 2. The largest absolute Gasteiger partial charge is 0.461 e. The molecule has 0 radical (unpaired) electrons. The molecule has 4 unspecified atom stereocenters. The molecular weight excluding hydrogens is 670 g/mol. The van der Waals surface area contributed by atoms with E-state index in [9.17, 15) is 23.2 Å². The maximum absolute atomic E-state index is 17.0. The predicted octanol–water partition coefficient (Wildman–Crippen LogP) is 6.25. The van der Waals surface area contributed by atoms with E-state index >= 15 is 4.39 Å². The minimum absolute atomic E-state index is 0.0119. The van der Waals surface area contributed by atoms with Crippen molar-refractivity contribution >= 4 is 60.7 Å². The van der Waals surface area contributed by atoms with Crippen LogP contribution in [0.1, 0.15) is 38.2 Å². The van der Waals surface area contributed by atoms with Crippen molar-refractivity contribution in [1.29, 1.82) is 5.26 Å². The number of nitrogen functional groups attached to an aromatic ring is 1. The molecule has 7 rings (SSSR count). The summed E-state index contributed by atoms with van der Waals surface area (Å²) >= 11 is 7.70. The molecule has 0 bridgehead atoms. The summed E-state index contributed by atoms with van der Waals surface area (Å²) in [6, 6.07) is 5.18. The Bertz CT molecular complexity index is 2010. The number of hydrogen-bond acceptors (Lipinski definition) is 9. The summed E-state index contributed by atoms with van der Waals surface area (Å²) in [6.07, 6.45) is 1.47. The van der Waals surface area contributed by atoms with Crippen LogP contribution in [0.5, 0.6) is 6.01 Å². The van der Waals surface area contributed by atoms with E-state index in [1.165, 1.54) is 23.1 Å². The van der Waals surface area contributed by atoms with Gasteiger partial charge in [0.2, 0.25) is 0 Å². The van der Waals surface area contributed by atoms with E-state index in [2.05, 4.69) is 9.88 Å². The van der Waals surface area contributed by atoms with Crippen molar-refractivity contribution < 1.29 is 27.1 Å². The summed E-state index contributed by atoms with van der Waals surface area (Å²) in [5, 5.41) is 10.3. The van der Waals surface area contributed by atoms with Crippen LogP contribution in [-0.4, -0.2) is 89.4 Å². The van der Waals surface area contributed by atoms with Crippen molar-refractivity contribution in [2.75, 3.05) is 50.6 Å². The van der Waals surface area contributed by atoms with Crippen LogP contribution >= 0.6 is 22.9 Å². The molecule has 3 aliphatic rings. The molecule has 9 nitrogen and oxygen atoms in total. The highest BCUT2D eigenvalue weighted by Gasteiger charge is 2.49. The highest BCUT2D eigenvalue weighted by molar-refractivity contribution is 7.23. The first-order chi connectivity index (χ1) is 23.0. The lowest BCUT2D eigenvalue weighted by Gasteiger charge is -2.33. The number of nitrogens with two attached hydrogens (primary N) is 1. The van der Waals surface area contributed by atoms with E-state index in [0.717, 1.165) is 30.7 Å². The minimum Gasteiger partial charge on any atom is -0.461 e. The van der Waals surface area contributed by atoms with Crippen molar-refractivity contribution in [3.63, 3.8) is 0 Å². The van der Waals surface area contributed by atoms with Crippen LogP contribution in [-0.2, 0) is 4.79 Å². The van der Waals surface area contributed by atoms with Crippen LogP contribution in [0.25, 0.3) is 32.1 Å². The lowest BCUT2D eigenvalue weighted by Crippen LogP contribution is -2.45. The molecule has 15 heteroatoms. The summed E-state index contributed by atoms with van der Waals surface area (Å²) in [5.74, 6) is -1.81. The first kappa shape index (κ1) is 32.6. The van der Waals surface area contributed by atoms with Crippen molar-refractivity contribution in [3.8, 4) is 23.2 Å². The third-order valence-corrected chi connectivity index (χ3v) is 11.6. The molecule has 2 aromatic carbocycles. The minimum atomic E-state index is -1.11. The second-order valence-electron chi connectivity index (χ2n) is 12.8. The molecule has 4 aromatic rings. The van der Waals surface area contributed by atoms with Crippen molar-refractivity contribution in [2.45, 2.75) is 56.4 Å². The predicted molar refractivity (Wildman–Crippen MR) is 177 cm³/mol.